The number of hydrogen-bond donors (Lipinski definition) is 4. The lowest BCUT2D eigenvalue weighted by atomic mass is 9.88. The largest absolute Gasteiger partial charge is 0.394 e. The normalized spacial score (nSPS) is 31.7. The van der Waals surface area contributed by atoms with Gasteiger partial charge >= 0.3 is 0 Å². The van der Waals surface area contributed by atoms with Crippen LogP contribution in [0.5, 0.6) is 0 Å². The van der Waals surface area contributed by atoms with Gasteiger partial charge in [0.25, 0.3) is 0 Å². The van der Waals surface area contributed by atoms with E-state index in [1.807, 2.05) is 6.07 Å². The lowest BCUT2D eigenvalue weighted by molar-refractivity contribution is -0.231. The highest BCUT2D eigenvalue weighted by Crippen LogP contribution is 2.44. The van der Waals surface area contributed by atoms with Crippen LogP contribution >= 0.6 is 0 Å². The third-order valence-electron chi connectivity index (χ3n) is 6.83. The Morgan fingerprint density at radius 3 is 2.07 bits per heavy atom. The van der Waals surface area contributed by atoms with Gasteiger partial charge < -0.3 is 25.2 Å². The Bertz CT molecular complexity index is 885. The molecule has 5 atom stereocenters. The van der Waals surface area contributed by atoms with Gasteiger partial charge in [-0.25, -0.2) is 0 Å². The van der Waals surface area contributed by atoms with Gasteiger partial charge in [-0.2, -0.15) is 0 Å². The number of ether oxygens (including phenoxy) is 1. The summed E-state index contributed by atoms with van der Waals surface area (Å²) in [6.45, 7) is -0.415. The molecule has 0 aromatic heterocycles. The lowest BCUT2D eigenvalue weighted by Crippen LogP contribution is -2.55. The van der Waals surface area contributed by atoms with E-state index >= 15 is 0 Å². The first-order chi connectivity index (χ1) is 14.5. The second-order valence-corrected chi connectivity index (χ2v) is 9.17. The molecule has 1 aliphatic heterocycles. The maximum absolute atomic E-state index is 10.5. The summed E-state index contributed by atoms with van der Waals surface area (Å²) in [5.41, 5.74) is 6.00. The first-order valence-electron chi connectivity index (χ1n) is 11.1. The van der Waals surface area contributed by atoms with Crippen molar-refractivity contribution in [2.24, 2.45) is 0 Å². The average Bonchev–Trinajstić information content (AvgIpc) is 3.66. The van der Waals surface area contributed by atoms with Crippen molar-refractivity contribution >= 4 is 0 Å². The molecular formula is C25H30O5. The van der Waals surface area contributed by atoms with Gasteiger partial charge in [0.15, 0.2) is 0 Å². The zero-order valence-corrected chi connectivity index (χ0v) is 17.0. The fourth-order valence-corrected chi connectivity index (χ4v) is 4.67. The van der Waals surface area contributed by atoms with Crippen molar-refractivity contribution in [1.82, 2.24) is 0 Å². The highest BCUT2D eigenvalue weighted by Gasteiger charge is 2.44. The summed E-state index contributed by atoms with van der Waals surface area (Å²) >= 11 is 0. The van der Waals surface area contributed by atoms with E-state index in [4.69, 9.17) is 4.74 Å². The van der Waals surface area contributed by atoms with E-state index in [0.29, 0.717) is 5.92 Å². The molecule has 1 saturated heterocycles. The summed E-state index contributed by atoms with van der Waals surface area (Å²) in [5, 5.41) is 40.3. The lowest BCUT2D eigenvalue weighted by Gasteiger charge is -2.40. The molecule has 3 fully saturated rings. The van der Waals surface area contributed by atoms with Crippen molar-refractivity contribution in [2.45, 2.75) is 74.5 Å². The predicted octanol–water partition coefficient (Wildman–Crippen LogP) is 2.55. The van der Waals surface area contributed by atoms with Gasteiger partial charge in [0.1, 0.15) is 30.5 Å². The molecule has 2 aliphatic carbocycles. The zero-order chi connectivity index (χ0) is 20.8. The summed E-state index contributed by atoms with van der Waals surface area (Å²) in [4.78, 5) is 0. The molecule has 2 aromatic carbocycles. The van der Waals surface area contributed by atoms with Gasteiger partial charge in [-0.3, -0.25) is 0 Å². The van der Waals surface area contributed by atoms with E-state index in [1.54, 1.807) is 0 Å². The highest BCUT2D eigenvalue weighted by molar-refractivity contribution is 5.42. The minimum absolute atomic E-state index is 0.415. The van der Waals surface area contributed by atoms with Gasteiger partial charge in [-0.15, -0.1) is 0 Å². The van der Waals surface area contributed by atoms with E-state index in [0.717, 1.165) is 17.9 Å². The Hall–Kier alpha value is -1.76. The number of aliphatic hydroxyl groups is 4. The maximum Gasteiger partial charge on any atom is 0.113 e. The fraction of sp³-hybridized carbons (Fsp3) is 0.520. The van der Waals surface area contributed by atoms with Crippen LogP contribution in [0.1, 0.15) is 71.4 Å². The van der Waals surface area contributed by atoms with Crippen LogP contribution in [0.2, 0.25) is 0 Å². The first kappa shape index (κ1) is 20.2. The molecule has 30 heavy (non-hydrogen) atoms. The number of aliphatic hydroxyl groups excluding tert-OH is 4. The Labute approximate surface area is 177 Å². The maximum atomic E-state index is 10.5. The van der Waals surface area contributed by atoms with Crippen LogP contribution in [0.25, 0.3) is 0 Å². The van der Waals surface area contributed by atoms with Gasteiger partial charge in [-0.05, 0) is 71.8 Å². The molecule has 0 bridgehead atoms. The second-order valence-electron chi connectivity index (χ2n) is 9.17. The fourth-order valence-electron chi connectivity index (χ4n) is 4.67. The molecule has 2 saturated carbocycles. The minimum atomic E-state index is -1.36. The van der Waals surface area contributed by atoms with Crippen LogP contribution in [0, 0.1) is 0 Å². The third kappa shape index (κ3) is 3.93. The standard InChI is InChI=1S/C25H30O5/c26-13-21-22(27)23(28)24(29)25(30-21)18-9-10-20(17-7-8-17)19(12-18)11-14-1-3-15(4-2-14)16-5-6-16/h1-4,9-10,12,16-17,21-29H,5-8,11,13H2/t21-,22-,23+,24-,25+/m1/s1. The van der Waals surface area contributed by atoms with Crippen LogP contribution < -0.4 is 0 Å². The molecule has 0 spiro atoms. The van der Waals surface area contributed by atoms with Gasteiger partial charge in [0.2, 0.25) is 0 Å². The predicted molar refractivity (Wildman–Crippen MR) is 112 cm³/mol. The highest BCUT2D eigenvalue weighted by atomic mass is 16.5. The summed E-state index contributed by atoms with van der Waals surface area (Å²) in [5.74, 6) is 1.34. The van der Waals surface area contributed by atoms with Crippen molar-refractivity contribution in [3.63, 3.8) is 0 Å². The molecule has 5 rings (SSSR count). The van der Waals surface area contributed by atoms with Crippen LogP contribution in [-0.4, -0.2) is 51.4 Å². The quantitative estimate of drug-likeness (QED) is 0.588. The van der Waals surface area contributed by atoms with Crippen molar-refractivity contribution < 1.29 is 25.2 Å². The third-order valence-corrected chi connectivity index (χ3v) is 6.83. The van der Waals surface area contributed by atoms with Crippen LogP contribution in [0.3, 0.4) is 0 Å². The number of benzene rings is 2. The Morgan fingerprint density at radius 1 is 0.767 bits per heavy atom. The number of rotatable bonds is 6. The summed E-state index contributed by atoms with van der Waals surface area (Å²) in [7, 11) is 0. The van der Waals surface area contributed by atoms with Crippen molar-refractivity contribution in [1.29, 1.82) is 0 Å². The van der Waals surface area contributed by atoms with Gasteiger partial charge in [0.05, 0.1) is 6.61 Å². The van der Waals surface area contributed by atoms with E-state index in [9.17, 15) is 20.4 Å². The molecule has 0 radical (unpaired) electrons. The summed E-state index contributed by atoms with van der Waals surface area (Å²) in [6.07, 6.45) is 0.180. The molecule has 0 amide bonds. The molecule has 0 unspecified atom stereocenters. The summed E-state index contributed by atoms with van der Waals surface area (Å²) in [6, 6.07) is 15.0. The van der Waals surface area contributed by atoms with E-state index in [2.05, 4.69) is 36.4 Å². The molecule has 5 heteroatoms. The van der Waals surface area contributed by atoms with Crippen LogP contribution in [0.4, 0.5) is 0 Å². The zero-order valence-electron chi connectivity index (χ0n) is 17.0. The Kier molecular flexibility index (Phi) is 5.42. The molecule has 5 nitrogen and oxygen atoms in total. The Balaban J connectivity index is 1.42. The molecule has 160 valence electrons. The van der Waals surface area contributed by atoms with Crippen molar-refractivity contribution in [3.05, 3.63) is 70.3 Å². The van der Waals surface area contributed by atoms with Crippen LogP contribution in [0.15, 0.2) is 42.5 Å². The second kappa shape index (κ2) is 8.06. The average molecular weight is 411 g/mol. The van der Waals surface area contributed by atoms with Crippen molar-refractivity contribution in [3.8, 4) is 0 Å². The van der Waals surface area contributed by atoms with E-state index in [1.165, 1.54) is 47.9 Å². The van der Waals surface area contributed by atoms with Gasteiger partial charge in [0, 0.05) is 0 Å². The van der Waals surface area contributed by atoms with Crippen LogP contribution in [-0.2, 0) is 11.2 Å². The molecule has 3 aliphatic rings. The molecule has 4 N–H and O–H groups in total. The van der Waals surface area contributed by atoms with Gasteiger partial charge in [-0.1, -0.05) is 42.5 Å². The summed E-state index contributed by atoms with van der Waals surface area (Å²) < 4.78 is 5.78. The molecule has 1 heterocycles. The SMILES string of the molecule is OC[C@H]1O[C@@H](c2ccc(C3CC3)c(Cc3ccc(C4CC4)cc3)c2)[C@H](O)[C@@H](O)[C@@H]1O. The molecule has 2 aromatic rings. The van der Waals surface area contributed by atoms with Crippen molar-refractivity contribution in [2.75, 3.05) is 6.61 Å². The smallest absolute Gasteiger partial charge is 0.113 e. The molecular weight excluding hydrogens is 380 g/mol. The van der Waals surface area contributed by atoms with E-state index < -0.39 is 37.1 Å². The van der Waals surface area contributed by atoms with E-state index in [-0.39, 0.29) is 0 Å². The number of hydrogen-bond acceptors (Lipinski definition) is 5. The topological polar surface area (TPSA) is 90.2 Å². The Morgan fingerprint density at radius 2 is 1.43 bits per heavy atom. The minimum Gasteiger partial charge on any atom is -0.394 e. The first-order valence-corrected chi connectivity index (χ1v) is 11.1. The monoisotopic (exact) mass is 410 g/mol.